The molecule has 9 nitrogen and oxygen atoms in total. The van der Waals surface area contributed by atoms with Gasteiger partial charge in [0.15, 0.2) is 0 Å². The van der Waals surface area contributed by atoms with Crippen LogP contribution in [0.5, 0.6) is 11.5 Å². The van der Waals surface area contributed by atoms with E-state index in [4.69, 9.17) is 9.47 Å². The van der Waals surface area contributed by atoms with Crippen molar-refractivity contribution >= 4 is 21.8 Å². The lowest BCUT2D eigenvalue weighted by Gasteiger charge is -2.31. The minimum absolute atomic E-state index is 0.0415. The van der Waals surface area contributed by atoms with Gasteiger partial charge in [-0.3, -0.25) is 9.59 Å². The van der Waals surface area contributed by atoms with Crippen molar-refractivity contribution in [2.24, 2.45) is 0 Å². The molecule has 0 saturated carbocycles. The molecule has 10 heteroatoms. The number of amides is 2. The number of carbonyl (C=O) groups is 2. The molecule has 208 valence electrons. The number of carbonyl (C=O) groups excluding carboxylic acids is 2. The highest BCUT2D eigenvalue weighted by atomic mass is 32.2. The van der Waals surface area contributed by atoms with Crippen molar-refractivity contribution < 1.29 is 27.5 Å². The Bertz CT molecular complexity index is 1330. The number of hydrogen-bond acceptors (Lipinski definition) is 6. The van der Waals surface area contributed by atoms with E-state index in [9.17, 15) is 18.0 Å². The van der Waals surface area contributed by atoms with Gasteiger partial charge in [0, 0.05) is 19.6 Å². The molecule has 0 saturated heterocycles. The average Bonchev–Trinajstić information content (AvgIpc) is 2.94. The minimum atomic E-state index is -3.71. The van der Waals surface area contributed by atoms with E-state index >= 15 is 0 Å². The Kier molecular flexibility index (Phi) is 10.5. The predicted molar refractivity (Wildman–Crippen MR) is 150 cm³/mol. The molecule has 3 rings (SSSR count). The van der Waals surface area contributed by atoms with Crippen LogP contribution in [0.15, 0.2) is 78.9 Å². The quantitative estimate of drug-likeness (QED) is 0.349. The van der Waals surface area contributed by atoms with Gasteiger partial charge in [-0.15, -0.1) is 0 Å². The molecule has 1 unspecified atom stereocenters. The lowest BCUT2D eigenvalue weighted by molar-refractivity contribution is -0.140. The summed E-state index contributed by atoms with van der Waals surface area (Å²) in [6.45, 7) is 1.65. The van der Waals surface area contributed by atoms with Crippen LogP contribution >= 0.6 is 0 Å². The van der Waals surface area contributed by atoms with Crippen LogP contribution in [-0.4, -0.2) is 62.5 Å². The van der Waals surface area contributed by atoms with Crippen molar-refractivity contribution in [3.05, 3.63) is 95.6 Å². The highest BCUT2D eigenvalue weighted by Gasteiger charge is 2.30. The average molecular weight is 554 g/mol. The van der Waals surface area contributed by atoms with Crippen LogP contribution in [0, 0.1) is 0 Å². The van der Waals surface area contributed by atoms with Gasteiger partial charge >= 0.3 is 0 Å². The summed E-state index contributed by atoms with van der Waals surface area (Å²) in [6, 6.07) is 22.6. The fraction of sp³-hybridized carbons (Fsp3) is 0.310. The summed E-state index contributed by atoms with van der Waals surface area (Å²) in [7, 11) is -0.570. The SMILES string of the molecule is COc1ccc(CNC(=O)C(C)N(Cc2ccc(OC)cc2)C(=O)CN(Cc2ccccc2)S(C)(=O)=O)cc1. The molecular weight excluding hydrogens is 518 g/mol. The van der Waals surface area contributed by atoms with E-state index in [0.29, 0.717) is 11.5 Å². The molecule has 0 aliphatic heterocycles. The van der Waals surface area contributed by atoms with Crippen molar-refractivity contribution in [2.45, 2.75) is 32.6 Å². The van der Waals surface area contributed by atoms with Gasteiger partial charge in [-0.1, -0.05) is 54.6 Å². The monoisotopic (exact) mass is 553 g/mol. The Balaban J connectivity index is 1.80. The molecule has 3 aromatic carbocycles. The molecule has 1 atom stereocenters. The Morgan fingerprint density at radius 3 is 1.82 bits per heavy atom. The molecule has 0 aliphatic rings. The standard InChI is InChI=1S/C29H35N3O6S/c1-22(29(34)30-18-23-10-14-26(37-2)15-11-23)32(20-25-12-16-27(38-3)17-13-25)28(33)21-31(39(4,35)36)19-24-8-6-5-7-9-24/h5-17,22H,18-21H2,1-4H3,(H,30,34). The topological polar surface area (TPSA) is 105 Å². The van der Waals surface area contributed by atoms with Gasteiger partial charge in [0.1, 0.15) is 17.5 Å². The van der Waals surface area contributed by atoms with Gasteiger partial charge in [0.05, 0.1) is 27.0 Å². The zero-order chi connectivity index (χ0) is 28.4. The van der Waals surface area contributed by atoms with Gasteiger partial charge in [-0.05, 0) is 47.9 Å². The summed E-state index contributed by atoms with van der Waals surface area (Å²) in [5, 5.41) is 2.87. The molecule has 2 amide bonds. The highest BCUT2D eigenvalue weighted by Crippen LogP contribution is 2.17. The molecule has 39 heavy (non-hydrogen) atoms. The summed E-state index contributed by atoms with van der Waals surface area (Å²) < 4.78 is 36.7. The third kappa shape index (κ3) is 8.83. The first kappa shape index (κ1) is 29.7. The van der Waals surface area contributed by atoms with E-state index in [1.807, 2.05) is 30.3 Å². The summed E-state index contributed by atoms with van der Waals surface area (Å²) in [6.07, 6.45) is 1.07. The van der Waals surface area contributed by atoms with E-state index in [1.54, 1.807) is 69.7 Å². The maximum absolute atomic E-state index is 13.6. The van der Waals surface area contributed by atoms with Crippen molar-refractivity contribution in [1.29, 1.82) is 0 Å². The van der Waals surface area contributed by atoms with Gasteiger partial charge in [0.25, 0.3) is 0 Å². The Hall–Kier alpha value is -3.89. The second kappa shape index (κ2) is 13.8. The van der Waals surface area contributed by atoms with Crippen LogP contribution in [0.1, 0.15) is 23.6 Å². The second-order valence-electron chi connectivity index (χ2n) is 9.13. The number of benzene rings is 3. The normalized spacial score (nSPS) is 12.0. The summed E-state index contributed by atoms with van der Waals surface area (Å²) in [5.74, 6) is 0.523. The number of nitrogens with one attached hydrogen (secondary N) is 1. The molecule has 1 N–H and O–H groups in total. The number of nitrogens with zero attached hydrogens (tertiary/aromatic N) is 2. The van der Waals surface area contributed by atoms with Crippen LogP contribution in [0.2, 0.25) is 0 Å². The van der Waals surface area contributed by atoms with E-state index in [-0.39, 0.29) is 25.5 Å². The molecular formula is C29H35N3O6S. The Morgan fingerprint density at radius 1 is 0.795 bits per heavy atom. The smallest absolute Gasteiger partial charge is 0.242 e. The molecule has 0 bridgehead atoms. The molecule has 0 fully saturated rings. The van der Waals surface area contributed by atoms with Crippen molar-refractivity contribution in [3.63, 3.8) is 0 Å². The van der Waals surface area contributed by atoms with E-state index < -0.39 is 28.5 Å². The largest absolute Gasteiger partial charge is 0.497 e. The minimum Gasteiger partial charge on any atom is -0.497 e. The van der Waals surface area contributed by atoms with Crippen LogP contribution in [0.4, 0.5) is 0 Å². The molecule has 0 radical (unpaired) electrons. The Morgan fingerprint density at radius 2 is 1.31 bits per heavy atom. The first-order chi connectivity index (χ1) is 18.6. The van der Waals surface area contributed by atoms with Crippen molar-refractivity contribution in [2.75, 3.05) is 27.0 Å². The molecule has 0 spiro atoms. The maximum Gasteiger partial charge on any atom is 0.242 e. The third-order valence-corrected chi connectivity index (χ3v) is 7.48. The lowest BCUT2D eigenvalue weighted by Crippen LogP contribution is -2.50. The second-order valence-corrected chi connectivity index (χ2v) is 11.1. The van der Waals surface area contributed by atoms with E-state index in [0.717, 1.165) is 27.3 Å². The third-order valence-electron chi connectivity index (χ3n) is 6.29. The highest BCUT2D eigenvalue weighted by molar-refractivity contribution is 7.88. The van der Waals surface area contributed by atoms with Crippen LogP contribution in [0.3, 0.4) is 0 Å². The Labute approximate surface area is 230 Å². The number of sulfonamides is 1. The first-order valence-electron chi connectivity index (χ1n) is 12.4. The van der Waals surface area contributed by atoms with Gasteiger partial charge in [0.2, 0.25) is 21.8 Å². The van der Waals surface area contributed by atoms with Crippen LogP contribution in [0.25, 0.3) is 0 Å². The summed E-state index contributed by atoms with van der Waals surface area (Å²) >= 11 is 0. The van der Waals surface area contributed by atoms with E-state index in [1.165, 1.54) is 4.90 Å². The number of hydrogen-bond donors (Lipinski definition) is 1. The van der Waals surface area contributed by atoms with Crippen molar-refractivity contribution in [1.82, 2.24) is 14.5 Å². The van der Waals surface area contributed by atoms with Gasteiger partial charge in [-0.25, -0.2) is 8.42 Å². The zero-order valence-electron chi connectivity index (χ0n) is 22.7. The van der Waals surface area contributed by atoms with Crippen LogP contribution in [-0.2, 0) is 39.2 Å². The van der Waals surface area contributed by atoms with Crippen LogP contribution < -0.4 is 14.8 Å². The number of methoxy groups -OCH3 is 2. The molecule has 0 aliphatic carbocycles. The maximum atomic E-state index is 13.6. The summed E-state index contributed by atoms with van der Waals surface area (Å²) in [5.41, 5.74) is 2.39. The molecule has 3 aromatic rings. The first-order valence-corrected chi connectivity index (χ1v) is 14.3. The lowest BCUT2D eigenvalue weighted by atomic mass is 10.1. The fourth-order valence-electron chi connectivity index (χ4n) is 3.91. The zero-order valence-corrected chi connectivity index (χ0v) is 23.5. The number of rotatable bonds is 13. The van der Waals surface area contributed by atoms with Crippen molar-refractivity contribution in [3.8, 4) is 11.5 Å². The summed E-state index contributed by atoms with van der Waals surface area (Å²) in [4.78, 5) is 28.2. The number of ether oxygens (including phenoxy) is 2. The predicted octanol–water partition coefficient (Wildman–Crippen LogP) is 3.20. The molecule has 0 heterocycles. The van der Waals surface area contributed by atoms with Gasteiger partial charge in [-0.2, -0.15) is 4.31 Å². The molecule has 0 aromatic heterocycles. The van der Waals surface area contributed by atoms with E-state index in [2.05, 4.69) is 5.32 Å². The fourth-order valence-corrected chi connectivity index (χ4v) is 4.64. The van der Waals surface area contributed by atoms with Gasteiger partial charge < -0.3 is 19.7 Å².